The summed E-state index contributed by atoms with van der Waals surface area (Å²) in [5.41, 5.74) is 8.25. The monoisotopic (exact) mass is 313 g/mol. The molecule has 1 aromatic carbocycles. The van der Waals surface area contributed by atoms with Crippen molar-refractivity contribution < 1.29 is 0 Å². The van der Waals surface area contributed by atoms with E-state index in [9.17, 15) is 0 Å². The summed E-state index contributed by atoms with van der Waals surface area (Å²) in [6.07, 6.45) is 1.77. The molecule has 0 bridgehead atoms. The molecule has 0 saturated carbocycles. The third-order valence-electron chi connectivity index (χ3n) is 2.67. The minimum absolute atomic E-state index is 0.205. The first-order valence-electron chi connectivity index (χ1n) is 5.35. The number of hydrogen-bond donors (Lipinski definition) is 1. The number of benzene rings is 1. The van der Waals surface area contributed by atoms with Gasteiger partial charge in [-0.15, -0.1) is 0 Å². The summed E-state index contributed by atoms with van der Waals surface area (Å²) < 4.78 is 2.81. The minimum Gasteiger partial charge on any atom is -0.319 e. The van der Waals surface area contributed by atoms with Crippen LogP contribution in [0.5, 0.6) is 0 Å². The number of rotatable bonds is 3. The number of halogens is 2. The standard InChI is InChI=1S/C12H13BrClN3/c1-2-17-11(5-6-16-17)12(15)9-4-3-8(14)7-10(9)13/h3-7,12H,2,15H2,1H3. The van der Waals surface area contributed by atoms with Crippen LogP contribution in [0.4, 0.5) is 0 Å². The van der Waals surface area contributed by atoms with Gasteiger partial charge in [-0.3, -0.25) is 4.68 Å². The second-order valence-electron chi connectivity index (χ2n) is 3.72. The Bertz CT molecular complexity index is 524. The Morgan fingerprint density at radius 1 is 1.47 bits per heavy atom. The van der Waals surface area contributed by atoms with Gasteiger partial charge in [0.1, 0.15) is 0 Å². The van der Waals surface area contributed by atoms with E-state index in [1.165, 1.54) is 0 Å². The summed E-state index contributed by atoms with van der Waals surface area (Å²) in [7, 11) is 0. The molecule has 1 aromatic heterocycles. The van der Waals surface area contributed by atoms with E-state index >= 15 is 0 Å². The van der Waals surface area contributed by atoms with E-state index in [0.29, 0.717) is 5.02 Å². The van der Waals surface area contributed by atoms with Crippen LogP contribution >= 0.6 is 27.5 Å². The quantitative estimate of drug-likeness (QED) is 0.944. The summed E-state index contributed by atoms with van der Waals surface area (Å²) in [5, 5.41) is 4.92. The second-order valence-corrected chi connectivity index (χ2v) is 5.01. The highest BCUT2D eigenvalue weighted by Gasteiger charge is 2.16. The van der Waals surface area contributed by atoms with Crippen LogP contribution in [0.2, 0.25) is 5.02 Å². The molecule has 1 heterocycles. The minimum atomic E-state index is -0.205. The van der Waals surface area contributed by atoms with Crippen molar-refractivity contribution in [1.82, 2.24) is 9.78 Å². The molecule has 2 rings (SSSR count). The van der Waals surface area contributed by atoms with Crippen LogP contribution in [0.15, 0.2) is 34.9 Å². The lowest BCUT2D eigenvalue weighted by molar-refractivity contribution is 0.600. The lowest BCUT2D eigenvalue weighted by atomic mass is 10.0. The molecule has 0 aliphatic rings. The predicted molar refractivity (Wildman–Crippen MR) is 73.1 cm³/mol. The third-order valence-corrected chi connectivity index (χ3v) is 3.59. The zero-order valence-electron chi connectivity index (χ0n) is 9.40. The Labute approximate surface area is 114 Å². The van der Waals surface area contributed by atoms with E-state index in [0.717, 1.165) is 22.3 Å². The predicted octanol–water partition coefficient (Wildman–Crippen LogP) is 3.37. The Kier molecular flexibility index (Phi) is 3.86. The molecule has 0 spiro atoms. The topological polar surface area (TPSA) is 43.8 Å². The first-order chi connectivity index (χ1) is 8.13. The fourth-order valence-electron chi connectivity index (χ4n) is 1.78. The average molecular weight is 315 g/mol. The van der Waals surface area contributed by atoms with Crippen molar-refractivity contribution >= 4 is 27.5 Å². The van der Waals surface area contributed by atoms with Crippen molar-refractivity contribution in [3.8, 4) is 0 Å². The molecule has 17 heavy (non-hydrogen) atoms. The Morgan fingerprint density at radius 2 is 2.24 bits per heavy atom. The maximum atomic E-state index is 6.25. The van der Waals surface area contributed by atoms with Crippen LogP contribution in [0, 0.1) is 0 Å². The molecule has 1 atom stereocenters. The molecule has 2 N–H and O–H groups in total. The lowest BCUT2D eigenvalue weighted by Gasteiger charge is -2.15. The summed E-state index contributed by atoms with van der Waals surface area (Å²) in [5.74, 6) is 0. The fraction of sp³-hybridized carbons (Fsp3) is 0.250. The Balaban J connectivity index is 2.40. The van der Waals surface area contributed by atoms with E-state index in [1.807, 2.05) is 35.9 Å². The number of aromatic nitrogens is 2. The van der Waals surface area contributed by atoms with Gasteiger partial charge in [0.15, 0.2) is 0 Å². The molecule has 0 aliphatic carbocycles. The third kappa shape index (κ3) is 2.54. The number of nitrogens with two attached hydrogens (primary N) is 1. The molecule has 5 heteroatoms. The van der Waals surface area contributed by atoms with E-state index in [-0.39, 0.29) is 6.04 Å². The van der Waals surface area contributed by atoms with Crippen molar-refractivity contribution in [1.29, 1.82) is 0 Å². The first-order valence-corrected chi connectivity index (χ1v) is 6.52. The summed E-state index contributed by atoms with van der Waals surface area (Å²) >= 11 is 9.40. The average Bonchev–Trinajstić information content (AvgIpc) is 2.76. The van der Waals surface area contributed by atoms with Gasteiger partial charge >= 0.3 is 0 Å². The molecule has 0 amide bonds. The van der Waals surface area contributed by atoms with Crippen molar-refractivity contribution in [2.24, 2.45) is 5.73 Å². The molecule has 3 nitrogen and oxygen atoms in total. The fourth-order valence-corrected chi connectivity index (χ4v) is 2.71. The molecule has 2 aromatic rings. The Hall–Kier alpha value is -0.840. The number of nitrogens with zero attached hydrogens (tertiary/aromatic N) is 2. The van der Waals surface area contributed by atoms with Crippen LogP contribution in [0.1, 0.15) is 24.2 Å². The molecule has 0 fully saturated rings. The summed E-state index contributed by atoms with van der Waals surface area (Å²) in [4.78, 5) is 0. The van der Waals surface area contributed by atoms with Crippen LogP contribution in [0.25, 0.3) is 0 Å². The largest absolute Gasteiger partial charge is 0.319 e. The molecule has 0 saturated heterocycles. The first kappa shape index (κ1) is 12.6. The van der Waals surface area contributed by atoms with E-state index < -0.39 is 0 Å². The highest BCUT2D eigenvalue weighted by atomic mass is 79.9. The molecular weight excluding hydrogens is 302 g/mol. The maximum Gasteiger partial charge on any atom is 0.0734 e. The van der Waals surface area contributed by atoms with Gasteiger partial charge in [0.05, 0.1) is 11.7 Å². The van der Waals surface area contributed by atoms with Gasteiger partial charge in [-0.05, 0) is 30.7 Å². The van der Waals surface area contributed by atoms with Gasteiger partial charge < -0.3 is 5.73 Å². The second kappa shape index (κ2) is 5.21. The van der Waals surface area contributed by atoms with Gasteiger partial charge in [0.2, 0.25) is 0 Å². The van der Waals surface area contributed by atoms with Gasteiger partial charge in [-0.1, -0.05) is 33.6 Å². The maximum absolute atomic E-state index is 6.25. The van der Waals surface area contributed by atoms with Gasteiger partial charge in [0, 0.05) is 22.2 Å². The normalized spacial score (nSPS) is 12.7. The number of hydrogen-bond acceptors (Lipinski definition) is 2. The van der Waals surface area contributed by atoms with Crippen molar-refractivity contribution in [3.63, 3.8) is 0 Å². The van der Waals surface area contributed by atoms with Crippen LogP contribution in [-0.4, -0.2) is 9.78 Å². The molecule has 0 aliphatic heterocycles. The molecule has 1 unspecified atom stereocenters. The molecule has 0 radical (unpaired) electrons. The Morgan fingerprint density at radius 3 is 2.88 bits per heavy atom. The zero-order chi connectivity index (χ0) is 12.4. The van der Waals surface area contributed by atoms with Gasteiger partial charge in [0.25, 0.3) is 0 Å². The highest BCUT2D eigenvalue weighted by Crippen LogP contribution is 2.29. The van der Waals surface area contributed by atoms with Gasteiger partial charge in [-0.25, -0.2) is 0 Å². The van der Waals surface area contributed by atoms with E-state index in [2.05, 4.69) is 21.0 Å². The van der Waals surface area contributed by atoms with E-state index in [1.54, 1.807) is 6.20 Å². The smallest absolute Gasteiger partial charge is 0.0734 e. The molecular formula is C12H13BrClN3. The summed E-state index contributed by atoms with van der Waals surface area (Å²) in [6, 6.07) is 7.36. The van der Waals surface area contributed by atoms with Crippen LogP contribution in [-0.2, 0) is 6.54 Å². The van der Waals surface area contributed by atoms with Crippen LogP contribution in [0.3, 0.4) is 0 Å². The van der Waals surface area contributed by atoms with E-state index in [4.69, 9.17) is 17.3 Å². The SMILES string of the molecule is CCn1nccc1C(N)c1ccc(Cl)cc1Br. The van der Waals surface area contributed by atoms with Crippen molar-refractivity contribution in [2.45, 2.75) is 19.5 Å². The highest BCUT2D eigenvalue weighted by molar-refractivity contribution is 9.10. The lowest BCUT2D eigenvalue weighted by Crippen LogP contribution is -2.17. The van der Waals surface area contributed by atoms with Gasteiger partial charge in [-0.2, -0.15) is 5.10 Å². The molecule has 90 valence electrons. The van der Waals surface area contributed by atoms with Crippen LogP contribution < -0.4 is 5.73 Å². The summed E-state index contributed by atoms with van der Waals surface area (Å²) in [6.45, 7) is 2.85. The zero-order valence-corrected chi connectivity index (χ0v) is 11.7. The van der Waals surface area contributed by atoms with Crippen molar-refractivity contribution in [3.05, 3.63) is 51.2 Å². The van der Waals surface area contributed by atoms with Crippen molar-refractivity contribution in [2.75, 3.05) is 0 Å². The number of aryl methyl sites for hydroxylation is 1.